The van der Waals surface area contributed by atoms with E-state index in [9.17, 15) is 18.3 Å². The van der Waals surface area contributed by atoms with Gasteiger partial charge in [-0.25, -0.2) is 17.6 Å². The first-order valence-corrected chi connectivity index (χ1v) is 12.4. The Bertz CT molecular complexity index is 1240. The number of para-hydroxylation sites is 1. The zero-order chi connectivity index (χ0) is 26.3. The van der Waals surface area contributed by atoms with Gasteiger partial charge in [-0.15, -0.1) is 0 Å². The monoisotopic (exact) mass is 523 g/mol. The van der Waals surface area contributed by atoms with Crippen LogP contribution in [0.5, 0.6) is 5.75 Å². The van der Waals surface area contributed by atoms with Crippen molar-refractivity contribution >= 4 is 10.9 Å². The first kappa shape index (κ1) is 25.9. The lowest BCUT2D eigenvalue weighted by atomic mass is 9.86. The molecule has 5 rings (SSSR count). The summed E-state index contributed by atoms with van der Waals surface area (Å²) in [6, 6.07) is 7.78. The average molecular weight is 524 g/mol. The number of aromatic nitrogens is 1. The molecule has 2 aliphatic heterocycles. The number of H-pyrrole nitrogens is 1. The van der Waals surface area contributed by atoms with Gasteiger partial charge in [-0.1, -0.05) is 18.2 Å². The molecule has 3 aromatic rings. The Balaban J connectivity index is 1.49. The molecule has 2 N–H and O–H groups in total. The van der Waals surface area contributed by atoms with Crippen LogP contribution in [0.4, 0.5) is 22.0 Å². The van der Waals surface area contributed by atoms with Crippen molar-refractivity contribution in [1.29, 1.82) is 0 Å². The van der Waals surface area contributed by atoms with E-state index in [4.69, 9.17) is 4.74 Å². The Morgan fingerprint density at radius 1 is 1.11 bits per heavy atom. The van der Waals surface area contributed by atoms with Crippen LogP contribution in [-0.2, 0) is 6.42 Å². The molecule has 0 saturated carbocycles. The van der Waals surface area contributed by atoms with Crippen LogP contribution in [0.25, 0.3) is 10.9 Å². The Morgan fingerprint density at radius 3 is 2.49 bits per heavy atom. The highest BCUT2D eigenvalue weighted by Crippen LogP contribution is 2.44. The Hall–Kier alpha value is -2.69. The molecule has 5 nitrogen and oxygen atoms in total. The number of rotatable bonds is 9. The molecule has 1 aromatic heterocycles. The average Bonchev–Trinajstić information content (AvgIpc) is 3.19. The fourth-order valence-corrected chi connectivity index (χ4v) is 5.56. The second-order valence-electron chi connectivity index (χ2n) is 10.1. The first-order chi connectivity index (χ1) is 17.7. The van der Waals surface area contributed by atoms with Crippen LogP contribution in [0.2, 0.25) is 0 Å². The van der Waals surface area contributed by atoms with Crippen molar-refractivity contribution in [2.45, 2.75) is 31.4 Å². The largest absolute Gasteiger partial charge is 0.492 e. The maximum absolute atomic E-state index is 15.6. The van der Waals surface area contributed by atoms with Gasteiger partial charge in [0.1, 0.15) is 30.6 Å². The molecule has 1 unspecified atom stereocenters. The summed E-state index contributed by atoms with van der Waals surface area (Å²) in [5, 5.41) is 9.94. The second kappa shape index (κ2) is 10.2. The van der Waals surface area contributed by atoms with E-state index in [1.165, 1.54) is 4.90 Å². The number of ether oxygens (including phenoxy) is 1. The number of fused-ring (bicyclic) bond motifs is 3. The summed E-state index contributed by atoms with van der Waals surface area (Å²) >= 11 is 0. The minimum atomic E-state index is -3.45. The van der Waals surface area contributed by atoms with Gasteiger partial charge >= 0.3 is 0 Å². The van der Waals surface area contributed by atoms with E-state index in [0.717, 1.165) is 23.3 Å². The molecular formula is C27H30F5N3O2. The van der Waals surface area contributed by atoms with Crippen molar-refractivity contribution < 1.29 is 31.8 Å². The maximum Gasteiger partial charge on any atom is 0.283 e. The van der Waals surface area contributed by atoms with Crippen molar-refractivity contribution in [3.63, 3.8) is 0 Å². The first-order valence-electron chi connectivity index (χ1n) is 12.4. The number of aliphatic hydroxyl groups is 1. The minimum absolute atomic E-state index is 0.00318. The van der Waals surface area contributed by atoms with Gasteiger partial charge in [-0.05, 0) is 13.0 Å². The number of nitrogens with zero attached hydrogens (tertiary/aromatic N) is 2. The smallest absolute Gasteiger partial charge is 0.283 e. The van der Waals surface area contributed by atoms with E-state index in [-0.39, 0.29) is 30.5 Å². The van der Waals surface area contributed by atoms with Gasteiger partial charge in [0.2, 0.25) is 0 Å². The molecule has 2 aliphatic rings. The predicted molar refractivity (Wildman–Crippen MR) is 130 cm³/mol. The molecule has 3 heterocycles. The van der Waals surface area contributed by atoms with Gasteiger partial charge in [-0.3, -0.25) is 14.2 Å². The summed E-state index contributed by atoms with van der Waals surface area (Å²) in [6.45, 7) is 1.07. The number of halogens is 5. The van der Waals surface area contributed by atoms with Crippen LogP contribution in [-0.4, -0.2) is 77.9 Å². The topological polar surface area (TPSA) is 51.7 Å². The van der Waals surface area contributed by atoms with Crippen molar-refractivity contribution in [3.8, 4) is 5.75 Å². The minimum Gasteiger partial charge on any atom is -0.492 e. The molecule has 0 amide bonds. The van der Waals surface area contributed by atoms with Gasteiger partial charge in [0, 0.05) is 77.9 Å². The molecule has 37 heavy (non-hydrogen) atoms. The molecule has 1 saturated heterocycles. The number of benzene rings is 2. The molecule has 1 fully saturated rings. The third-order valence-corrected chi connectivity index (χ3v) is 7.40. The summed E-state index contributed by atoms with van der Waals surface area (Å²) in [5.74, 6) is -5.23. The van der Waals surface area contributed by atoms with Crippen LogP contribution in [0.3, 0.4) is 0 Å². The predicted octanol–water partition coefficient (Wildman–Crippen LogP) is 4.69. The molecule has 0 spiro atoms. The zero-order valence-electron chi connectivity index (χ0n) is 20.5. The molecule has 0 radical (unpaired) electrons. The molecule has 0 aliphatic carbocycles. The van der Waals surface area contributed by atoms with Crippen LogP contribution in [0.15, 0.2) is 36.4 Å². The number of likely N-dealkylation sites (tertiary alicyclic amines) is 1. The Morgan fingerprint density at radius 2 is 1.81 bits per heavy atom. The molecule has 200 valence electrons. The highest BCUT2D eigenvalue weighted by molar-refractivity contribution is 5.86. The van der Waals surface area contributed by atoms with Gasteiger partial charge in [-0.2, -0.15) is 0 Å². The van der Waals surface area contributed by atoms with Crippen molar-refractivity contribution in [2.24, 2.45) is 5.92 Å². The number of hydrogen-bond acceptors (Lipinski definition) is 4. The third-order valence-electron chi connectivity index (χ3n) is 7.40. The molecule has 2 aromatic carbocycles. The summed E-state index contributed by atoms with van der Waals surface area (Å²) in [6.07, 6.45) is 0.381. The molecule has 10 heteroatoms. The quantitative estimate of drug-likeness (QED) is 0.400. The summed E-state index contributed by atoms with van der Waals surface area (Å²) in [7, 11) is 0. The van der Waals surface area contributed by atoms with E-state index in [1.807, 2.05) is 17.0 Å². The molecular weight excluding hydrogens is 493 g/mol. The van der Waals surface area contributed by atoms with Gasteiger partial charge in [0.05, 0.1) is 19.3 Å². The SMILES string of the molecule is C[C@@H]1Cc2[nH]c3ccccc3c2C(c2c(F)cc(OCCN3CC(CF)C3)cc2F)N1CC(F)(F)CO. The van der Waals surface area contributed by atoms with Gasteiger partial charge < -0.3 is 14.8 Å². The fraction of sp³-hybridized carbons (Fsp3) is 0.481. The lowest BCUT2D eigenvalue weighted by Gasteiger charge is -2.42. The van der Waals surface area contributed by atoms with Crippen molar-refractivity contribution in [1.82, 2.24) is 14.8 Å². The molecule has 2 atom stereocenters. The Kier molecular flexibility index (Phi) is 7.17. The van der Waals surface area contributed by atoms with E-state index in [2.05, 4.69) is 4.98 Å². The zero-order valence-corrected chi connectivity index (χ0v) is 20.5. The van der Waals surface area contributed by atoms with Crippen LogP contribution < -0.4 is 4.74 Å². The van der Waals surface area contributed by atoms with E-state index in [0.29, 0.717) is 37.0 Å². The summed E-state index contributed by atoms with van der Waals surface area (Å²) in [5.41, 5.74) is 1.70. The standard InChI is InChI=1S/C27H30F5N3O2/c1-16-8-23-24(19-4-2-3-5-22(19)33-23)26(35(16)14-27(31,32)15-36)25-20(29)9-18(10-21(25)30)37-7-6-34-12-17(11-28)13-34/h2-5,9-10,16-17,26,33,36H,6-8,11-15H2,1H3/t16-,26?/m1/s1. The van der Waals surface area contributed by atoms with Crippen LogP contribution in [0, 0.1) is 17.6 Å². The summed E-state index contributed by atoms with van der Waals surface area (Å²) in [4.78, 5) is 6.65. The van der Waals surface area contributed by atoms with Crippen molar-refractivity contribution in [3.05, 3.63) is 64.9 Å². The van der Waals surface area contributed by atoms with Crippen molar-refractivity contribution in [2.75, 3.05) is 46.1 Å². The van der Waals surface area contributed by atoms with E-state index < -0.39 is 42.8 Å². The summed E-state index contributed by atoms with van der Waals surface area (Å²) < 4.78 is 78.3. The number of aliphatic hydroxyl groups excluding tert-OH is 1. The van der Waals surface area contributed by atoms with Gasteiger partial charge in [0.15, 0.2) is 0 Å². The lowest BCUT2D eigenvalue weighted by Crippen LogP contribution is -2.49. The number of aromatic amines is 1. The highest BCUT2D eigenvalue weighted by Gasteiger charge is 2.43. The highest BCUT2D eigenvalue weighted by atomic mass is 19.3. The van der Waals surface area contributed by atoms with Crippen LogP contribution in [0.1, 0.15) is 29.8 Å². The molecule has 0 bridgehead atoms. The second-order valence-corrected chi connectivity index (χ2v) is 10.1. The van der Waals surface area contributed by atoms with Crippen LogP contribution >= 0.6 is 0 Å². The number of hydrogen-bond donors (Lipinski definition) is 2. The van der Waals surface area contributed by atoms with E-state index in [1.54, 1.807) is 19.1 Å². The number of alkyl halides is 3. The van der Waals surface area contributed by atoms with Gasteiger partial charge in [0.25, 0.3) is 5.92 Å². The van der Waals surface area contributed by atoms with E-state index >= 15 is 8.78 Å². The Labute approximate surface area is 211 Å². The fourth-order valence-electron chi connectivity index (χ4n) is 5.56. The number of nitrogens with one attached hydrogen (secondary N) is 1. The normalized spacial score (nSPS) is 21.3. The lowest BCUT2D eigenvalue weighted by molar-refractivity contribution is -0.0866. The maximum atomic E-state index is 15.6. The third kappa shape index (κ3) is 5.06.